The van der Waals surface area contributed by atoms with Gasteiger partial charge < -0.3 is 9.47 Å². The Morgan fingerprint density at radius 1 is 1.14 bits per heavy atom. The molecular formula is C20H20N4O4S. The zero-order valence-corrected chi connectivity index (χ0v) is 17.5. The number of hydrogen-bond donors (Lipinski definition) is 1. The largest absolute Gasteiger partial charge is 0.465 e. The molecule has 150 valence electrons. The van der Waals surface area contributed by atoms with Crippen molar-refractivity contribution in [3.8, 4) is 17.3 Å². The van der Waals surface area contributed by atoms with Crippen LogP contribution in [-0.4, -0.2) is 42.6 Å². The first-order chi connectivity index (χ1) is 13.9. The maximum atomic E-state index is 12.5. The number of ether oxygens (including phenoxy) is 2. The number of hydrogen-bond acceptors (Lipinski definition) is 8. The third kappa shape index (κ3) is 4.73. The van der Waals surface area contributed by atoms with Crippen molar-refractivity contribution in [3.63, 3.8) is 0 Å². The Morgan fingerprint density at radius 3 is 2.21 bits per heavy atom. The Kier molecular flexibility index (Phi) is 7.33. The fraction of sp³-hybridized carbons (Fsp3) is 0.250. The summed E-state index contributed by atoms with van der Waals surface area (Å²) in [6.45, 7) is 3.35. The highest BCUT2D eigenvalue weighted by atomic mass is 32.2. The zero-order chi connectivity index (χ0) is 21.6. The van der Waals surface area contributed by atoms with Crippen LogP contribution < -0.4 is 5.32 Å². The molecule has 0 saturated heterocycles. The molecule has 0 amide bonds. The van der Waals surface area contributed by atoms with E-state index in [0.29, 0.717) is 33.4 Å². The van der Waals surface area contributed by atoms with Crippen molar-refractivity contribution in [2.75, 3.05) is 20.5 Å². The predicted molar refractivity (Wildman–Crippen MR) is 111 cm³/mol. The van der Waals surface area contributed by atoms with Crippen molar-refractivity contribution in [3.05, 3.63) is 46.8 Å². The van der Waals surface area contributed by atoms with Gasteiger partial charge in [0.05, 0.1) is 42.4 Å². The van der Waals surface area contributed by atoms with E-state index in [4.69, 9.17) is 14.7 Å². The summed E-state index contributed by atoms with van der Waals surface area (Å²) in [5.41, 5.74) is 2.69. The first-order valence-electron chi connectivity index (χ1n) is 8.43. The number of pyridine rings is 1. The minimum Gasteiger partial charge on any atom is -0.465 e. The molecule has 0 atom stereocenters. The minimum atomic E-state index is -0.611. The molecule has 0 spiro atoms. The van der Waals surface area contributed by atoms with Gasteiger partial charge in [-0.3, -0.25) is 10.3 Å². The fourth-order valence-corrected chi connectivity index (χ4v) is 3.21. The molecule has 0 aliphatic rings. The molecule has 0 radical (unpaired) electrons. The van der Waals surface area contributed by atoms with E-state index >= 15 is 0 Å². The topological polar surface area (TPSA) is 114 Å². The van der Waals surface area contributed by atoms with Gasteiger partial charge in [-0.2, -0.15) is 5.26 Å². The summed E-state index contributed by atoms with van der Waals surface area (Å²) in [5.74, 6) is -1.22. The molecule has 1 aromatic heterocycles. The summed E-state index contributed by atoms with van der Waals surface area (Å²) in [4.78, 5) is 33.7. The summed E-state index contributed by atoms with van der Waals surface area (Å²) in [6.07, 6.45) is 3.62. The highest BCUT2D eigenvalue weighted by Crippen LogP contribution is 2.34. The Bertz CT molecular complexity index is 988. The van der Waals surface area contributed by atoms with Gasteiger partial charge in [0.25, 0.3) is 0 Å². The summed E-state index contributed by atoms with van der Waals surface area (Å²) in [7, 11) is 2.53. The number of methoxy groups -OCH3 is 2. The molecule has 0 unspecified atom stereocenters. The zero-order valence-electron chi connectivity index (χ0n) is 16.7. The number of carbonyl (C=O) groups excluding carboxylic acids is 2. The minimum absolute atomic E-state index is 0.180. The van der Waals surface area contributed by atoms with Crippen molar-refractivity contribution >= 4 is 34.6 Å². The molecule has 8 nitrogen and oxygen atoms in total. The molecule has 9 heteroatoms. The SMILES string of the molecule is COC(=O)c1c(C)nc(C)c(C(=O)OC)c1-c1cccc(N=C(NC#N)SC)c1. The fourth-order valence-electron chi connectivity index (χ4n) is 2.86. The first-order valence-corrected chi connectivity index (χ1v) is 9.66. The highest BCUT2D eigenvalue weighted by molar-refractivity contribution is 8.13. The van der Waals surface area contributed by atoms with Crippen LogP contribution in [0.2, 0.25) is 0 Å². The molecule has 0 bridgehead atoms. The molecule has 29 heavy (non-hydrogen) atoms. The molecule has 1 heterocycles. The lowest BCUT2D eigenvalue weighted by atomic mass is 9.92. The predicted octanol–water partition coefficient (Wildman–Crippen LogP) is 3.36. The van der Waals surface area contributed by atoms with E-state index in [9.17, 15) is 9.59 Å². The number of nitrogens with one attached hydrogen (secondary N) is 1. The van der Waals surface area contributed by atoms with Crippen molar-refractivity contribution in [2.24, 2.45) is 4.99 Å². The van der Waals surface area contributed by atoms with Gasteiger partial charge in [0.2, 0.25) is 0 Å². The third-order valence-corrected chi connectivity index (χ3v) is 4.64. The number of thioether (sulfide) groups is 1. The molecule has 0 saturated carbocycles. The van der Waals surface area contributed by atoms with Crippen LogP contribution in [0.5, 0.6) is 0 Å². The van der Waals surface area contributed by atoms with Gasteiger partial charge in [0.15, 0.2) is 11.4 Å². The smallest absolute Gasteiger partial charge is 0.340 e. The molecule has 0 aliphatic heterocycles. The summed E-state index contributed by atoms with van der Waals surface area (Å²) in [5, 5.41) is 11.7. The quantitative estimate of drug-likeness (QED) is 0.267. The van der Waals surface area contributed by atoms with Crippen LogP contribution in [0.15, 0.2) is 29.3 Å². The second-order valence-corrected chi connectivity index (χ2v) is 6.59. The molecule has 1 N–H and O–H groups in total. The van der Waals surface area contributed by atoms with Crippen LogP contribution >= 0.6 is 11.8 Å². The summed E-state index contributed by atoms with van der Waals surface area (Å²) < 4.78 is 9.85. The van der Waals surface area contributed by atoms with Gasteiger partial charge in [0, 0.05) is 5.56 Å². The first kappa shape index (κ1) is 21.9. The van der Waals surface area contributed by atoms with E-state index in [0.717, 1.165) is 0 Å². The van der Waals surface area contributed by atoms with Crippen LogP contribution in [0.25, 0.3) is 11.1 Å². The van der Waals surface area contributed by atoms with Crippen molar-refractivity contribution in [1.29, 1.82) is 5.26 Å². The van der Waals surface area contributed by atoms with E-state index in [1.807, 2.05) is 6.19 Å². The number of aromatic nitrogens is 1. The van der Waals surface area contributed by atoms with Crippen LogP contribution in [-0.2, 0) is 9.47 Å². The number of benzene rings is 1. The third-order valence-electron chi connectivity index (χ3n) is 4.06. The second-order valence-electron chi connectivity index (χ2n) is 5.80. The van der Waals surface area contributed by atoms with Crippen LogP contribution in [0.4, 0.5) is 5.69 Å². The van der Waals surface area contributed by atoms with Crippen molar-refractivity contribution in [1.82, 2.24) is 10.3 Å². The maximum absolute atomic E-state index is 12.5. The van der Waals surface area contributed by atoms with Gasteiger partial charge in [-0.1, -0.05) is 23.9 Å². The Balaban J connectivity index is 2.83. The molecule has 2 rings (SSSR count). The number of esters is 2. The van der Waals surface area contributed by atoms with E-state index in [1.165, 1.54) is 26.0 Å². The lowest BCUT2D eigenvalue weighted by Crippen LogP contribution is -2.16. The average molecular weight is 412 g/mol. The standard InChI is InChI=1S/C20H20N4O4S/c1-11-15(18(25)27-3)17(16(12(2)23-11)19(26)28-4)13-7-6-8-14(9-13)24-20(29-5)22-10-21/h6-9H,1-5H3,(H,22,24). The average Bonchev–Trinajstić information content (AvgIpc) is 2.72. The van der Waals surface area contributed by atoms with Gasteiger partial charge in [-0.05, 0) is 37.8 Å². The summed E-state index contributed by atoms with van der Waals surface area (Å²) >= 11 is 1.28. The molecule has 1 aromatic carbocycles. The Morgan fingerprint density at radius 2 is 1.72 bits per heavy atom. The molecule has 0 fully saturated rings. The van der Waals surface area contributed by atoms with Crippen LogP contribution in [0.3, 0.4) is 0 Å². The van der Waals surface area contributed by atoms with Crippen molar-refractivity contribution in [2.45, 2.75) is 13.8 Å². The number of amidine groups is 1. The van der Waals surface area contributed by atoms with Crippen molar-refractivity contribution < 1.29 is 19.1 Å². The number of aliphatic imine (C=N–C) groups is 1. The van der Waals surface area contributed by atoms with E-state index in [-0.39, 0.29) is 11.1 Å². The number of rotatable bonds is 4. The van der Waals surface area contributed by atoms with E-state index in [1.54, 1.807) is 44.4 Å². The highest BCUT2D eigenvalue weighted by Gasteiger charge is 2.27. The number of nitrogens with zero attached hydrogens (tertiary/aromatic N) is 3. The van der Waals surface area contributed by atoms with E-state index in [2.05, 4.69) is 15.3 Å². The number of carbonyl (C=O) groups is 2. The van der Waals surface area contributed by atoms with Crippen LogP contribution in [0, 0.1) is 25.3 Å². The normalized spacial score (nSPS) is 10.8. The van der Waals surface area contributed by atoms with Gasteiger partial charge in [0.1, 0.15) is 0 Å². The molecule has 0 aliphatic carbocycles. The molecular weight excluding hydrogens is 392 g/mol. The monoisotopic (exact) mass is 412 g/mol. The van der Waals surface area contributed by atoms with Crippen LogP contribution in [0.1, 0.15) is 32.1 Å². The van der Waals surface area contributed by atoms with Gasteiger partial charge in [-0.15, -0.1) is 0 Å². The van der Waals surface area contributed by atoms with Gasteiger partial charge in [-0.25, -0.2) is 14.6 Å². The lowest BCUT2D eigenvalue weighted by Gasteiger charge is -2.17. The Hall–Kier alpha value is -3.38. The summed E-state index contributed by atoms with van der Waals surface area (Å²) in [6, 6.07) is 6.95. The Labute approximate surface area is 173 Å². The second kappa shape index (κ2) is 9.71. The maximum Gasteiger partial charge on any atom is 0.340 e. The van der Waals surface area contributed by atoms with E-state index < -0.39 is 11.9 Å². The molecule has 2 aromatic rings. The number of aryl methyl sites for hydroxylation is 2. The lowest BCUT2D eigenvalue weighted by molar-refractivity contribution is 0.0599. The van der Waals surface area contributed by atoms with Gasteiger partial charge >= 0.3 is 11.9 Å². The number of nitriles is 1.